The molecule has 0 bridgehead atoms. The Morgan fingerprint density at radius 2 is 1.91 bits per heavy atom. The minimum Gasteiger partial charge on any atom is -0.496 e. The molecule has 23 heavy (non-hydrogen) atoms. The molecular weight excluding hydrogens is 288 g/mol. The molecule has 1 heterocycles. The van der Waals surface area contributed by atoms with Gasteiger partial charge in [-0.15, -0.1) is 0 Å². The van der Waals surface area contributed by atoms with E-state index in [1.165, 1.54) is 18.4 Å². The predicted molar refractivity (Wildman–Crippen MR) is 89.7 cm³/mol. The van der Waals surface area contributed by atoms with Crippen molar-refractivity contribution in [3.05, 3.63) is 59.9 Å². The van der Waals surface area contributed by atoms with Crippen molar-refractivity contribution in [3.63, 3.8) is 0 Å². The van der Waals surface area contributed by atoms with E-state index in [4.69, 9.17) is 4.74 Å². The van der Waals surface area contributed by atoms with E-state index in [0.29, 0.717) is 12.2 Å². The van der Waals surface area contributed by atoms with E-state index in [2.05, 4.69) is 16.4 Å². The van der Waals surface area contributed by atoms with Crippen LogP contribution in [-0.2, 0) is 5.41 Å². The molecule has 0 aliphatic heterocycles. The molecule has 4 heteroatoms. The number of methoxy groups -OCH3 is 1. The highest BCUT2D eigenvalue weighted by atomic mass is 16.5. The van der Waals surface area contributed by atoms with E-state index in [-0.39, 0.29) is 11.3 Å². The van der Waals surface area contributed by atoms with E-state index >= 15 is 0 Å². The molecule has 0 radical (unpaired) electrons. The summed E-state index contributed by atoms with van der Waals surface area (Å²) in [5.41, 5.74) is 1.61. The molecule has 1 aromatic carbocycles. The van der Waals surface area contributed by atoms with Gasteiger partial charge in [0.2, 0.25) is 0 Å². The molecule has 1 amide bonds. The fourth-order valence-corrected chi connectivity index (χ4v) is 3.51. The van der Waals surface area contributed by atoms with Crippen LogP contribution in [0.4, 0.5) is 0 Å². The molecule has 3 rings (SSSR count). The zero-order valence-corrected chi connectivity index (χ0v) is 13.4. The molecule has 0 atom stereocenters. The van der Waals surface area contributed by atoms with Crippen LogP contribution >= 0.6 is 0 Å². The highest BCUT2D eigenvalue weighted by Gasteiger charge is 2.38. The van der Waals surface area contributed by atoms with Crippen LogP contribution in [0.5, 0.6) is 5.75 Å². The second-order valence-electron chi connectivity index (χ2n) is 6.09. The molecule has 1 saturated carbocycles. The van der Waals surface area contributed by atoms with Crippen LogP contribution in [0, 0.1) is 0 Å². The topological polar surface area (TPSA) is 51.2 Å². The molecule has 1 aromatic heterocycles. The summed E-state index contributed by atoms with van der Waals surface area (Å²) in [5, 5.41) is 3.07. The Kier molecular flexibility index (Phi) is 4.60. The predicted octanol–water partition coefficient (Wildman–Crippen LogP) is 3.33. The van der Waals surface area contributed by atoms with Crippen LogP contribution in [0.15, 0.2) is 48.7 Å². The molecule has 1 aliphatic rings. The number of amides is 1. The van der Waals surface area contributed by atoms with Crippen LogP contribution < -0.4 is 10.1 Å². The number of carbonyl (C=O) groups excluding carboxylic acids is 1. The Balaban J connectivity index is 1.81. The van der Waals surface area contributed by atoms with Gasteiger partial charge in [0.05, 0.1) is 7.11 Å². The third kappa shape index (κ3) is 3.21. The van der Waals surface area contributed by atoms with Gasteiger partial charge >= 0.3 is 0 Å². The number of carbonyl (C=O) groups is 1. The minimum atomic E-state index is -0.119. The fourth-order valence-electron chi connectivity index (χ4n) is 3.51. The van der Waals surface area contributed by atoms with Gasteiger partial charge in [-0.05, 0) is 31.0 Å². The molecule has 1 aliphatic carbocycles. The second-order valence-corrected chi connectivity index (χ2v) is 6.09. The fraction of sp³-hybridized carbons (Fsp3) is 0.368. The first-order chi connectivity index (χ1) is 11.2. The van der Waals surface area contributed by atoms with Crippen molar-refractivity contribution in [2.45, 2.75) is 31.1 Å². The molecule has 0 spiro atoms. The van der Waals surface area contributed by atoms with Crippen molar-refractivity contribution in [1.29, 1.82) is 0 Å². The molecule has 1 N–H and O–H groups in total. The summed E-state index contributed by atoms with van der Waals surface area (Å²) in [4.78, 5) is 16.4. The summed E-state index contributed by atoms with van der Waals surface area (Å²) in [6.45, 7) is 0.614. The highest BCUT2D eigenvalue weighted by molar-refractivity contribution is 5.92. The zero-order valence-electron chi connectivity index (χ0n) is 13.4. The van der Waals surface area contributed by atoms with E-state index in [9.17, 15) is 4.79 Å². The quantitative estimate of drug-likeness (QED) is 0.921. The Hall–Kier alpha value is -2.36. The number of hydrogen-bond donors (Lipinski definition) is 1. The average molecular weight is 310 g/mol. The first-order valence-electron chi connectivity index (χ1n) is 8.08. The van der Waals surface area contributed by atoms with Crippen LogP contribution in [0.25, 0.3) is 0 Å². The van der Waals surface area contributed by atoms with Crippen LogP contribution in [-0.4, -0.2) is 24.5 Å². The average Bonchev–Trinajstić information content (AvgIpc) is 3.10. The van der Waals surface area contributed by atoms with E-state index in [1.807, 2.05) is 30.3 Å². The molecule has 1 fully saturated rings. The Labute approximate surface area is 136 Å². The molecule has 4 nitrogen and oxygen atoms in total. The number of nitrogens with one attached hydrogen (secondary N) is 1. The second kappa shape index (κ2) is 6.82. The smallest absolute Gasteiger partial charge is 0.269 e. The molecule has 2 aromatic rings. The summed E-state index contributed by atoms with van der Waals surface area (Å²) in [6, 6.07) is 13.5. The lowest BCUT2D eigenvalue weighted by molar-refractivity contribution is 0.0937. The normalized spacial score (nSPS) is 16.0. The van der Waals surface area contributed by atoms with Crippen LogP contribution in [0.3, 0.4) is 0 Å². The minimum absolute atomic E-state index is 0.0446. The summed E-state index contributed by atoms with van der Waals surface area (Å²) in [7, 11) is 1.70. The van der Waals surface area contributed by atoms with Gasteiger partial charge in [-0.25, -0.2) is 0 Å². The van der Waals surface area contributed by atoms with Gasteiger partial charge in [-0.2, -0.15) is 0 Å². The molecule has 0 saturated heterocycles. The maximum absolute atomic E-state index is 12.3. The van der Waals surface area contributed by atoms with Gasteiger partial charge in [-0.1, -0.05) is 37.1 Å². The molecule has 120 valence electrons. The number of aromatic nitrogens is 1. The van der Waals surface area contributed by atoms with E-state index in [0.717, 1.165) is 18.6 Å². The maximum atomic E-state index is 12.3. The van der Waals surface area contributed by atoms with E-state index < -0.39 is 0 Å². The van der Waals surface area contributed by atoms with Gasteiger partial charge in [0.1, 0.15) is 11.4 Å². The van der Waals surface area contributed by atoms with E-state index in [1.54, 1.807) is 19.4 Å². The molecule has 0 unspecified atom stereocenters. The number of para-hydroxylation sites is 1. The Morgan fingerprint density at radius 3 is 2.61 bits per heavy atom. The number of rotatable bonds is 5. The lowest BCUT2D eigenvalue weighted by Crippen LogP contribution is -2.39. The first-order valence-corrected chi connectivity index (χ1v) is 8.08. The summed E-state index contributed by atoms with van der Waals surface area (Å²) < 4.78 is 5.55. The van der Waals surface area contributed by atoms with Gasteiger partial charge in [0.15, 0.2) is 0 Å². The van der Waals surface area contributed by atoms with Crippen molar-refractivity contribution >= 4 is 5.91 Å². The SMILES string of the molecule is COc1ccccc1C1(CNC(=O)c2ccccn2)CCCC1. The number of pyridine rings is 1. The van der Waals surface area contributed by atoms with Crippen LogP contribution in [0.1, 0.15) is 41.7 Å². The number of benzene rings is 1. The number of ether oxygens (including phenoxy) is 1. The highest BCUT2D eigenvalue weighted by Crippen LogP contribution is 2.44. The van der Waals surface area contributed by atoms with Gasteiger partial charge < -0.3 is 10.1 Å². The summed E-state index contributed by atoms with van der Waals surface area (Å²) >= 11 is 0. The maximum Gasteiger partial charge on any atom is 0.269 e. The monoisotopic (exact) mass is 310 g/mol. The van der Waals surface area contributed by atoms with Gasteiger partial charge in [-0.3, -0.25) is 9.78 Å². The van der Waals surface area contributed by atoms with Gasteiger partial charge in [0.25, 0.3) is 5.91 Å². The third-order valence-corrected chi connectivity index (χ3v) is 4.72. The summed E-state index contributed by atoms with van der Waals surface area (Å²) in [6.07, 6.45) is 6.13. The van der Waals surface area contributed by atoms with Crippen molar-refractivity contribution in [2.75, 3.05) is 13.7 Å². The van der Waals surface area contributed by atoms with Crippen LogP contribution in [0.2, 0.25) is 0 Å². The summed E-state index contributed by atoms with van der Waals surface area (Å²) in [5.74, 6) is 0.785. The van der Waals surface area contributed by atoms with Crippen molar-refractivity contribution < 1.29 is 9.53 Å². The third-order valence-electron chi connectivity index (χ3n) is 4.72. The Morgan fingerprint density at radius 1 is 1.17 bits per heavy atom. The van der Waals surface area contributed by atoms with Crippen molar-refractivity contribution in [1.82, 2.24) is 10.3 Å². The Bertz CT molecular complexity index is 664. The molecular formula is C19H22N2O2. The lowest BCUT2D eigenvalue weighted by atomic mass is 9.78. The van der Waals surface area contributed by atoms with Crippen molar-refractivity contribution in [2.24, 2.45) is 0 Å². The largest absolute Gasteiger partial charge is 0.496 e. The standard InChI is InChI=1S/C19H22N2O2/c1-23-17-10-3-2-8-15(17)19(11-5-6-12-19)14-21-18(22)16-9-4-7-13-20-16/h2-4,7-10,13H,5-6,11-12,14H2,1H3,(H,21,22). The zero-order chi connectivity index (χ0) is 16.1. The van der Waals surface area contributed by atoms with Crippen molar-refractivity contribution in [3.8, 4) is 5.75 Å². The number of nitrogens with zero attached hydrogens (tertiary/aromatic N) is 1. The lowest BCUT2D eigenvalue weighted by Gasteiger charge is -2.31. The van der Waals surface area contributed by atoms with Gasteiger partial charge in [0, 0.05) is 23.7 Å². The first kappa shape index (κ1) is 15.5. The number of hydrogen-bond acceptors (Lipinski definition) is 3.